The maximum atomic E-state index is 2.40. The molecule has 0 nitrogen and oxygen atoms in total. The first-order valence-corrected chi connectivity index (χ1v) is 3.88. The second kappa shape index (κ2) is 3.71. The van der Waals surface area contributed by atoms with Crippen LogP contribution >= 0.6 is 0 Å². The predicted octanol–water partition coefficient (Wildman–Crippen LogP) is 2.96. The highest BCUT2D eigenvalue weighted by Gasteiger charge is 2.08. The molecule has 0 amide bonds. The Kier molecular flexibility index (Phi) is 2.82. The number of hydrogen-bond donors (Lipinski definition) is 0. The zero-order valence-electron chi connectivity index (χ0n) is 6.14. The molecule has 0 atom stereocenters. The van der Waals surface area contributed by atoms with E-state index < -0.39 is 0 Å². The molecule has 0 unspecified atom stereocenters. The molecule has 0 heterocycles. The molecule has 0 heteroatoms. The standard InChI is InChI=1S/C9H15/c1-2-6-9-7-4-3-5-8-9/h2-3,6,9H,4-5,7-8H2,1H3. The van der Waals surface area contributed by atoms with E-state index in [1.807, 2.05) is 0 Å². The molecule has 1 radical (unpaired) electrons. The Balaban J connectivity index is 2.23. The molecule has 1 saturated carbocycles. The van der Waals surface area contributed by atoms with Gasteiger partial charge in [0.2, 0.25) is 0 Å². The lowest BCUT2D eigenvalue weighted by atomic mass is 9.89. The smallest absolute Gasteiger partial charge is 0.0233 e. The summed E-state index contributed by atoms with van der Waals surface area (Å²) in [7, 11) is 0. The van der Waals surface area contributed by atoms with Crippen molar-refractivity contribution in [1.29, 1.82) is 0 Å². The van der Waals surface area contributed by atoms with Crippen LogP contribution in [0.15, 0.2) is 12.2 Å². The molecule has 1 aliphatic carbocycles. The monoisotopic (exact) mass is 123 g/mol. The summed E-state index contributed by atoms with van der Waals surface area (Å²) >= 11 is 0. The lowest BCUT2D eigenvalue weighted by Crippen LogP contribution is -2.02. The molecule has 0 aromatic rings. The van der Waals surface area contributed by atoms with Crippen molar-refractivity contribution in [3.8, 4) is 0 Å². The predicted molar refractivity (Wildman–Crippen MR) is 41.1 cm³/mol. The summed E-state index contributed by atoms with van der Waals surface area (Å²) in [6.45, 7) is 2.11. The van der Waals surface area contributed by atoms with E-state index in [1.54, 1.807) is 0 Å². The summed E-state index contributed by atoms with van der Waals surface area (Å²) in [5.41, 5.74) is 0. The highest BCUT2D eigenvalue weighted by molar-refractivity contribution is 4.90. The minimum Gasteiger partial charge on any atom is -0.0914 e. The van der Waals surface area contributed by atoms with Crippen LogP contribution in [-0.4, -0.2) is 0 Å². The zero-order valence-corrected chi connectivity index (χ0v) is 6.14. The van der Waals surface area contributed by atoms with E-state index in [-0.39, 0.29) is 0 Å². The first kappa shape index (κ1) is 6.85. The van der Waals surface area contributed by atoms with Gasteiger partial charge in [0, 0.05) is 0 Å². The molecular formula is C9H15. The average Bonchev–Trinajstić information content (AvgIpc) is 1.91. The summed E-state index contributed by atoms with van der Waals surface area (Å²) in [6.07, 6.45) is 12.3. The minimum atomic E-state index is 0.889. The van der Waals surface area contributed by atoms with Crippen LogP contribution in [0.3, 0.4) is 0 Å². The molecule has 1 fully saturated rings. The van der Waals surface area contributed by atoms with Crippen molar-refractivity contribution in [3.05, 3.63) is 18.6 Å². The van der Waals surface area contributed by atoms with E-state index in [1.165, 1.54) is 25.7 Å². The molecular weight excluding hydrogens is 108 g/mol. The molecule has 0 aromatic carbocycles. The van der Waals surface area contributed by atoms with Gasteiger partial charge >= 0.3 is 0 Å². The number of allylic oxidation sites excluding steroid dienone is 2. The largest absolute Gasteiger partial charge is 0.0914 e. The Labute approximate surface area is 58.0 Å². The van der Waals surface area contributed by atoms with E-state index in [2.05, 4.69) is 25.5 Å². The third-order valence-electron chi connectivity index (χ3n) is 1.95. The Morgan fingerprint density at radius 2 is 2.00 bits per heavy atom. The van der Waals surface area contributed by atoms with Gasteiger partial charge in [-0.2, -0.15) is 0 Å². The Bertz CT molecular complexity index is 86.2. The number of rotatable bonds is 1. The normalized spacial score (nSPS) is 23.2. The van der Waals surface area contributed by atoms with Crippen molar-refractivity contribution < 1.29 is 0 Å². The van der Waals surface area contributed by atoms with E-state index >= 15 is 0 Å². The summed E-state index contributed by atoms with van der Waals surface area (Å²) in [5, 5.41) is 0. The Hall–Kier alpha value is -0.260. The van der Waals surface area contributed by atoms with Gasteiger partial charge in [0.05, 0.1) is 0 Å². The fourth-order valence-corrected chi connectivity index (χ4v) is 1.42. The topological polar surface area (TPSA) is 0 Å². The van der Waals surface area contributed by atoms with Crippen LogP contribution in [0.4, 0.5) is 0 Å². The van der Waals surface area contributed by atoms with E-state index in [4.69, 9.17) is 0 Å². The van der Waals surface area contributed by atoms with Crippen molar-refractivity contribution >= 4 is 0 Å². The van der Waals surface area contributed by atoms with Gasteiger partial charge in [0.25, 0.3) is 0 Å². The lowest BCUT2D eigenvalue weighted by Gasteiger charge is -2.16. The van der Waals surface area contributed by atoms with Crippen LogP contribution in [0.5, 0.6) is 0 Å². The van der Waals surface area contributed by atoms with Crippen molar-refractivity contribution in [2.24, 2.45) is 5.92 Å². The van der Waals surface area contributed by atoms with E-state index in [0.29, 0.717) is 0 Å². The van der Waals surface area contributed by atoms with Crippen LogP contribution < -0.4 is 0 Å². The third-order valence-corrected chi connectivity index (χ3v) is 1.95. The first-order valence-electron chi connectivity index (χ1n) is 3.88. The van der Waals surface area contributed by atoms with Gasteiger partial charge in [0.15, 0.2) is 0 Å². The number of hydrogen-bond acceptors (Lipinski definition) is 0. The Morgan fingerprint density at radius 1 is 1.33 bits per heavy atom. The molecule has 0 aromatic heterocycles. The van der Waals surface area contributed by atoms with Crippen LogP contribution in [0.1, 0.15) is 32.6 Å². The molecule has 9 heavy (non-hydrogen) atoms. The van der Waals surface area contributed by atoms with Crippen molar-refractivity contribution in [2.45, 2.75) is 32.6 Å². The Morgan fingerprint density at radius 3 is 2.56 bits per heavy atom. The fraction of sp³-hybridized carbons (Fsp3) is 0.667. The van der Waals surface area contributed by atoms with Crippen molar-refractivity contribution in [3.63, 3.8) is 0 Å². The third kappa shape index (κ3) is 2.21. The molecule has 1 aliphatic rings. The van der Waals surface area contributed by atoms with Crippen LogP contribution in [0.25, 0.3) is 0 Å². The van der Waals surface area contributed by atoms with Crippen LogP contribution in [0.2, 0.25) is 0 Å². The van der Waals surface area contributed by atoms with Crippen molar-refractivity contribution in [1.82, 2.24) is 0 Å². The van der Waals surface area contributed by atoms with Crippen LogP contribution in [-0.2, 0) is 0 Å². The van der Waals surface area contributed by atoms with Gasteiger partial charge in [-0.1, -0.05) is 12.2 Å². The zero-order chi connectivity index (χ0) is 6.53. The second-order valence-electron chi connectivity index (χ2n) is 2.73. The van der Waals surface area contributed by atoms with E-state index in [9.17, 15) is 0 Å². The van der Waals surface area contributed by atoms with Gasteiger partial charge in [-0.25, -0.2) is 0 Å². The summed E-state index contributed by atoms with van der Waals surface area (Å²) in [6, 6.07) is 0. The quantitative estimate of drug-likeness (QED) is 0.470. The van der Waals surface area contributed by atoms with Crippen LogP contribution in [0, 0.1) is 12.3 Å². The van der Waals surface area contributed by atoms with Gasteiger partial charge in [-0.05, 0) is 44.9 Å². The highest BCUT2D eigenvalue weighted by atomic mass is 14.1. The lowest BCUT2D eigenvalue weighted by molar-refractivity contribution is 0.482. The molecule has 51 valence electrons. The summed E-state index contributed by atoms with van der Waals surface area (Å²) in [5.74, 6) is 0.889. The summed E-state index contributed by atoms with van der Waals surface area (Å²) in [4.78, 5) is 0. The molecule has 0 saturated heterocycles. The van der Waals surface area contributed by atoms with Crippen molar-refractivity contribution in [2.75, 3.05) is 0 Å². The fourth-order valence-electron chi connectivity index (χ4n) is 1.42. The van der Waals surface area contributed by atoms with Gasteiger partial charge < -0.3 is 0 Å². The minimum absolute atomic E-state index is 0.889. The maximum Gasteiger partial charge on any atom is -0.0233 e. The summed E-state index contributed by atoms with van der Waals surface area (Å²) < 4.78 is 0. The SMILES string of the molecule is CC=CC1CC[CH]CC1. The molecule has 0 aliphatic heterocycles. The van der Waals surface area contributed by atoms with Gasteiger partial charge in [-0.15, -0.1) is 0 Å². The first-order chi connectivity index (χ1) is 4.43. The second-order valence-corrected chi connectivity index (χ2v) is 2.73. The highest BCUT2D eigenvalue weighted by Crippen LogP contribution is 2.23. The van der Waals surface area contributed by atoms with Gasteiger partial charge in [-0.3, -0.25) is 0 Å². The van der Waals surface area contributed by atoms with E-state index in [0.717, 1.165) is 5.92 Å². The molecule has 1 rings (SSSR count). The molecule has 0 bridgehead atoms. The van der Waals surface area contributed by atoms with Gasteiger partial charge in [0.1, 0.15) is 0 Å². The maximum absolute atomic E-state index is 2.40. The molecule has 0 spiro atoms. The molecule has 0 N–H and O–H groups in total. The average molecular weight is 123 g/mol.